The number of nitrogen functional groups attached to an aromatic ring is 1. The van der Waals surface area contributed by atoms with E-state index in [1.807, 2.05) is 24.3 Å². The molecule has 0 radical (unpaired) electrons. The lowest BCUT2D eigenvalue weighted by Crippen LogP contribution is -1.91. The zero-order valence-electron chi connectivity index (χ0n) is 7.71. The SMILES string of the molecule is Nc1nc(Cc2ccccc2Cl)c(Br)s1. The summed E-state index contributed by atoms with van der Waals surface area (Å²) in [6.45, 7) is 0. The molecule has 1 heterocycles. The normalized spacial score (nSPS) is 10.5. The summed E-state index contributed by atoms with van der Waals surface area (Å²) in [4.78, 5) is 4.24. The van der Waals surface area contributed by atoms with Gasteiger partial charge >= 0.3 is 0 Å². The van der Waals surface area contributed by atoms with E-state index in [1.165, 1.54) is 11.3 Å². The Kier molecular flexibility index (Phi) is 3.29. The first-order valence-corrected chi connectivity index (χ1v) is 6.29. The smallest absolute Gasteiger partial charge is 0.181 e. The molecule has 1 aromatic heterocycles. The molecule has 0 bridgehead atoms. The molecule has 0 saturated carbocycles. The fraction of sp³-hybridized carbons (Fsp3) is 0.100. The summed E-state index contributed by atoms with van der Waals surface area (Å²) in [5.74, 6) is 0. The lowest BCUT2D eigenvalue weighted by Gasteiger charge is -2.01. The quantitative estimate of drug-likeness (QED) is 0.918. The number of aromatic nitrogens is 1. The zero-order chi connectivity index (χ0) is 10.8. The maximum absolute atomic E-state index is 6.06. The van der Waals surface area contributed by atoms with Gasteiger partial charge in [-0.15, -0.1) is 0 Å². The van der Waals surface area contributed by atoms with E-state index < -0.39 is 0 Å². The molecule has 0 atom stereocenters. The molecule has 2 N–H and O–H groups in total. The third-order valence-corrected chi connectivity index (χ3v) is 4.01. The maximum Gasteiger partial charge on any atom is 0.181 e. The van der Waals surface area contributed by atoms with Crippen molar-refractivity contribution in [1.82, 2.24) is 4.98 Å². The molecule has 0 saturated heterocycles. The van der Waals surface area contributed by atoms with Gasteiger partial charge in [0.05, 0.1) is 9.48 Å². The first-order chi connectivity index (χ1) is 7.16. The van der Waals surface area contributed by atoms with Crippen molar-refractivity contribution in [3.05, 3.63) is 44.3 Å². The van der Waals surface area contributed by atoms with E-state index >= 15 is 0 Å². The van der Waals surface area contributed by atoms with Gasteiger partial charge in [-0.1, -0.05) is 41.1 Å². The van der Waals surface area contributed by atoms with Gasteiger partial charge < -0.3 is 5.73 Å². The molecule has 0 amide bonds. The van der Waals surface area contributed by atoms with Gasteiger partial charge in [0.15, 0.2) is 5.13 Å². The number of anilines is 1. The van der Waals surface area contributed by atoms with Gasteiger partial charge in [-0.25, -0.2) is 4.98 Å². The average molecular weight is 304 g/mol. The highest BCUT2D eigenvalue weighted by Crippen LogP contribution is 2.29. The molecule has 1 aromatic carbocycles. The Hall–Kier alpha value is -0.580. The molecule has 2 rings (SSSR count). The van der Waals surface area contributed by atoms with Crippen molar-refractivity contribution in [1.29, 1.82) is 0 Å². The second kappa shape index (κ2) is 4.51. The standard InChI is InChI=1S/C10H8BrClN2S/c11-9-8(14-10(13)15-9)5-6-3-1-2-4-7(6)12/h1-4H,5H2,(H2,13,14). The van der Waals surface area contributed by atoms with Gasteiger partial charge in [0.1, 0.15) is 0 Å². The maximum atomic E-state index is 6.06. The molecule has 2 nitrogen and oxygen atoms in total. The minimum Gasteiger partial charge on any atom is -0.375 e. The van der Waals surface area contributed by atoms with E-state index in [4.69, 9.17) is 17.3 Å². The molecule has 0 spiro atoms. The zero-order valence-corrected chi connectivity index (χ0v) is 10.9. The monoisotopic (exact) mass is 302 g/mol. The second-order valence-corrected chi connectivity index (χ2v) is 5.80. The van der Waals surface area contributed by atoms with Crippen molar-refractivity contribution in [2.75, 3.05) is 5.73 Å². The summed E-state index contributed by atoms with van der Waals surface area (Å²) < 4.78 is 0.972. The van der Waals surface area contributed by atoms with Crippen LogP contribution >= 0.6 is 38.9 Å². The minimum absolute atomic E-state index is 0.573. The molecular weight excluding hydrogens is 296 g/mol. The highest BCUT2D eigenvalue weighted by molar-refractivity contribution is 9.11. The fourth-order valence-electron chi connectivity index (χ4n) is 1.28. The van der Waals surface area contributed by atoms with Crippen LogP contribution in [0.3, 0.4) is 0 Å². The Morgan fingerprint density at radius 3 is 2.73 bits per heavy atom. The number of nitrogens with two attached hydrogens (primary N) is 1. The molecule has 2 aromatic rings. The van der Waals surface area contributed by atoms with E-state index in [1.54, 1.807) is 0 Å². The Morgan fingerprint density at radius 1 is 1.40 bits per heavy atom. The molecule has 0 fully saturated rings. The lowest BCUT2D eigenvalue weighted by atomic mass is 10.1. The van der Waals surface area contributed by atoms with Crippen LogP contribution in [0.2, 0.25) is 5.02 Å². The van der Waals surface area contributed by atoms with Crippen molar-refractivity contribution in [3.8, 4) is 0 Å². The van der Waals surface area contributed by atoms with Crippen LogP contribution < -0.4 is 5.73 Å². The van der Waals surface area contributed by atoms with Crippen LogP contribution in [0, 0.1) is 0 Å². The van der Waals surface area contributed by atoms with Gasteiger partial charge in [-0.05, 0) is 27.6 Å². The summed E-state index contributed by atoms with van der Waals surface area (Å²) in [5.41, 5.74) is 7.61. The third kappa shape index (κ3) is 2.51. The number of benzene rings is 1. The highest BCUT2D eigenvalue weighted by atomic mass is 79.9. The average Bonchev–Trinajstić information content (AvgIpc) is 2.49. The van der Waals surface area contributed by atoms with Crippen LogP contribution in [0.15, 0.2) is 28.1 Å². The first-order valence-electron chi connectivity index (χ1n) is 4.31. The number of nitrogens with zero attached hydrogens (tertiary/aromatic N) is 1. The number of halogens is 2. The van der Waals surface area contributed by atoms with E-state index in [2.05, 4.69) is 20.9 Å². The number of rotatable bonds is 2. The van der Waals surface area contributed by atoms with E-state index in [9.17, 15) is 0 Å². The van der Waals surface area contributed by atoms with Crippen molar-refractivity contribution >= 4 is 44.0 Å². The fourth-order valence-corrected chi connectivity index (χ4v) is 2.79. The predicted octanol–water partition coefficient (Wildman–Crippen LogP) is 3.73. The largest absolute Gasteiger partial charge is 0.375 e. The van der Waals surface area contributed by atoms with Gasteiger partial charge in [0, 0.05) is 11.4 Å². The summed E-state index contributed by atoms with van der Waals surface area (Å²) in [6.07, 6.45) is 0.702. The Labute approximate surface area is 105 Å². The topological polar surface area (TPSA) is 38.9 Å². The molecule has 78 valence electrons. The second-order valence-electron chi connectivity index (χ2n) is 3.04. The number of hydrogen-bond acceptors (Lipinski definition) is 3. The number of hydrogen-bond donors (Lipinski definition) is 1. The Balaban J connectivity index is 2.29. The minimum atomic E-state index is 0.573. The van der Waals surface area contributed by atoms with Crippen LogP contribution in [0.1, 0.15) is 11.3 Å². The van der Waals surface area contributed by atoms with Gasteiger partial charge in [-0.3, -0.25) is 0 Å². The summed E-state index contributed by atoms with van der Waals surface area (Å²) >= 11 is 10.9. The van der Waals surface area contributed by atoms with Gasteiger partial charge in [0.25, 0.3) is 0 Å². The van der Waals surface area contributed by atoms with Gasteiger partial charge in [0.2, 0.25) is 0 Å². The van der Waals surface area contributed by atoms with Crippen LogP contribution in [-0.4, -0.2) is 4.98 Å². The Morgan fingerprint density at radius 2 is 2.13 bits per heavy atom. The molecule has 0 unspecified atom stereocenters. The van der Waals surface area contributed by atoms with E-state index in [0.717, 1.165) is 20.1 Å². The molecular formula is C10H8BrClN2S. The van der Waals surface area contributed by atoms with Crippen molar-refractivity contribution in [2.24, 2.45) is 0 Å². The summed E-state index contributed by atoms with van der Waals surface area (Å²) in [7, 11) is 0. The predicted molar refractivity (Wildman–Crippen MR) is 68.5 cm³/mol. The van der Waals surface area contributed by atoms with Crippen molar-refractivity contribution < 1.29 is 0 Å². The highest BCUT2D eigenvalue weighted by Gasteiger charge is 2.09. The lowest BCUT2D eigenvalue weighted by molar-refractivity contribution is 1.10. The molecule has 0 aliphatic rings. The van der Waals surface area contributed by atoms with Crippen LogP contribution in [0.4, 0.5) is 5.13 Å². The van der Waals surface area contributed by atoms with Crippen LogP contribution in [-0.2, 0) is 6.42 Å². The van der Waals surface area contributed by atoms with Gasteiger partial charge in [-0.2, -0.15) is 0 Å². The van der Waals surface area contributed by atoms with Crippen molar-refractivity contribution in [2.45, 2.75) is 6.42 Å². The molecule has 0 aliphatic heterocycles. The summed E-state index contributed by atoms with van der Waals surface area (Å²) in [6, 6.07) is 7.74. The first kappa shape index (κ1) is 10.9. The van der Waals surface area contributed by atoms with E-state index in [0.29, 0.717) is 11.6 Å². The third-order valence-electron chi connectivity index (χ3n) is 1.98. The molecule has 5 heteroatoms. The van der Waals surface area contributed by atoms with Crippen LogP contribution in [0.5, 0.6) is 0 Å². The number of thiazole rings is 1. The van der Waals surface area contributed by atoms with E-state index in [-0.39, 0.29) is 0 Å². The van der Waals surface area contributed by atoms with Crippen molar-refractivity contribution in [3.63, 3.8) is 0 Å². The van der Waals surface area contributed by atoms with Crippen LogP contribution in [0.25, 0.3) is 0 Å². The summed E-state index contributed by atoms with van der Waals surface area (Å²) in [5, 5.41) is 1.33. The molecule has 15 heavy (non-hydrogen) atoms. The molecule has 0 aliphatic carbocycles. The Bertz CT molecular complexity index is 484.